The third-order valence-electron chi connectivity index (χ3n) is 3.14. The summed E-state index contributed by atoms with van der Waals surface area (Å²) in [4.78, 5) is 14.6. The van der Waals surface area contributed by atoms with E-state index in [0.29, 0.717) is 17.7 Å². The first-order chi connectivity index (χ1) is 12.3. The van der Waals surface area contributed by atoms with Crippen molar-refractivity contribution in [1.82, 2.24) is 4.98 Å². The normalized spacial score (nSPS) is 12.7. The van der Waals surface area contributed by atoms with Crippen LogP contribution in [0.25, 0.3) is 0 Å². The molecule has 1 aromatic carbocycles. The van der Waals surface area contributed by atoms with Crippen molar-refractivity contribution in [3.05, 3.63) is 60.3 Å². The van der Waals surface area contributed by atoms with Crippen molar-refractivity contribution in [2.45, 2.75) is 19.2 Å². The molecule has 0 amide bonds. The van der Waals surface area contributed by atoms with Crippen LogP contribution < -0.4 is 9.47 Å². The molecule has 0 aliphatic carbocycles. The van der Waals surface area contributed by atoms with Gasteiger partial charge in [0.1, 0.15) is 17.6 Å². The van der Waals surface area contributed by atoms with Gasteiger partial charge in [0.15, 0.2) is 0 Å². The molecule has 138 valence electrons. The topological polar surface area (TPSA) is 57.7 Å². The van der Waals surface area contributed by atoms with Gasteiger partial charge in [-0.3, -0.25) is 0 Å². The van der Waals surface area contributed by atoms with Gasteiger partial charge in [-0.25, -0.2) is 9.78 Å². The zero-order chi connectivity index (χ0) is 19.2. The van der Waals surface area contributed by atoms with Crippen LogP contribution in [0.5, 0.6) is 17.4 Å². The van der Waals surface area contributed by atoms with Gasteiger partial charge < -0.3 is 14.2 Å². The van der Waals surface area contributed by atoms with Crippen LogP contribution in [0.3, 0.4) is 0 Å². The van der Waals surface area contributed by atoms with E-state index >= 15 is 0 Å². The molecule has 0 bridgehead atoms. The molecule has 1 unspecified atom stereocenters. The minimum absolute atomic E-state index is 0.0426. The van der Waals surface area contributed by atoms with Crippen LogP contribution in [-0.4, -0.2) is 24.2 Å². The van der Waals surface area contributed by atoms with Gasteiger partial charge in [-0.15, -0.1) is 0 Å². The fourth-order valence-electron chi connectivity index (χ4n) is 1.85. The number of methoxy groups -OCH3 is 1. The molecular weight excluding hydrogens is 351 g/mol. The SMILES string of the molecule is COC(=O)C=CC(C)Oc1ccc(Oc2ccc(C(F)(F)F)cn2)cc1. The van der Waals surface area contributed by atoms with Crippen molar-refractivity contribution >= 4 is 5.97 Å². The van der Waals surface area contributed by atoms with Gasteiger partial charge in [-0.05, 0) is 43.3 Å². The van der Waals surface area contributed by atoms with Gasteiger partial charge in [-0.2, -0.15) is 13.2 Å². The highest BCUT2D eigenvalue weighted by Crippen LogP contribution is 2.30. The van der Waals surface area contributed by atoms with Crippen LogP contribution in [0.1, 0.15) is 12.5 Å². The van der Waals surface area contributed by atoms with E-state index in [9.17, 15) is 18.0 Å². The maximum atomic E-state index is 12.5. The summed E-state index contributed by atoms with van der Waals surface area (Å²) in [5.74, 6) is 0.483. The van der Waals surface area contributed by atoms with E-state index in [1.807, 2.05) is 0 Å². The third-order valence-corrected chi connectivity index (χ3v) is 3.14. The molecule has 0 saturated carbocycles. The van der Waals surface area contributed by atoms with Crippen LogP contribution in [0.4, 0.5) is 13.2 Å². The summed E-state index contributed by atoms with van der Waals surface area (Å²) in [6, 6.07) is 8.47. The summed E-state index contributed by atoms with van der Waals surface area (Å²) in [6.45, 7) is 1.75. The molecule has 0 radical (unpaired) electrons. The molecular formula is C18H16F3NO4. The Morgan fingerprint density at radius 1 is 1.12 bits per heavy atom. The van der Waals surface area contributed by atoms with Gasteiger partial charge in [-0.1, -0.05) is 0 Å². The number of halogens is 3. The number of alkyl halides is 3. The monoisotopic (exact) mass is 367 g/mol. The molecule has 0 fully saturated rings. The number of aromatic nitrogens is 1. The van der Waals surface area contributed by atoms with Crippen LogP contribution in [0.2, 0.25) is 0 Å². The number of nitrogens with zero attached hydrogens (tertiary/aromatic N) is 1. The predicted octanol–water partition coefficient (Wildman–Crippen LogP) is 4.39. The number of carbonyl (C=O) groups excluding carboxylic acids is 1. The lowest BCUT2D eigenvalue weighted by Crippen LogP contribution is -2.09. The fourth-order valence-corrected chi connectivity index (χ4v) is 1.85. The summed E-state index contributed by atoms with van der Waals surface area (Å²) >= 11 is 0. The molecule has 1 heterocycles. The fraction of sp³-hybridized carbons (Fsp3) is 0.222. The summed E-state index contributed by atoms with van der Waals surface area (Å²) < 4.78 is 52.9. The number of hydrogen-bond donors (Lipinski definition) is 0. The van der Waals surface area contributed by atoms with Gasteiger partial charge in [0.2, 0.25) is 5.88 Å². The molecule has 0 aliphatic heterocycles. The lowest BCUT2D eigenvalue weighted by atomic mass is 10.3. The average molecular weight is 367 g/mol. The number of ether oxygens (including phenoxy) is 3. The Kier molecular flexibility index (Phi) is 6.21. The van der Waals surface area contributed by atoms with Crippen molar-refractivity contribution in [2.24, 2.45) is 0 Å². The maximum Gasteiger partial charge on any atom is 0.417 e. The second-order valence-corrected chi connectivity index (χ2v) is 5.16. The second kappa shape index (κ2) is 8.37. The molecule has 0 saturated heterocycles. The van der Waals surface area contributed by atoms with Crippen LogP contribution >= 0.6 is 0 Å². The van der Waals surface area contributed by atoms with E-state index in [2.05, 4.69) is 9.72 Å². The molecule has 0 spiro atoms. The highest BCUT2D eigenvalue weighted by Gasteiger charge is 2.30. The van der Waals surface area contributed by atoms with Gasteiger partial charge in [0, 0.05) is 18.3 Å². The highest BCUT2D eigenvalue weighted by atomic mass is 19.4. The molecule has 0 aliphatic rings. The Bertz CT molecular complexity index is 756. The molecule has 8 heteroatoms. The maximum absolute atomic E-state index is 12.5. The number of esters is 1. The second-order valence-electron chi connectivity index (χ2n) is 5.16. The van der Waals surface area contributed by atoms with Crippen LogP contribution in [0, 0.1) is 0 Å². The molecule has 2 aromatic rings. The quantitative estimate of drug-likeness (QED) is 0.560. The molecule has 0 N–H and O–H groups in total. The van der Waals surface area contributed by atoms with E-state index in [4.69, 9.17) is 9.47 Å². The first-order valence-corrected chi connectivity index (χ1v) is 7.52. The smallest absolute Gasteiger partial charge is 0.417 e. The Balaban J connectivity index is 1.95. The Labute approximate surface area is 148 Å². The zero-order valence-electron chi connectivity index (χ0n) is 14.0. The number of pyridine rings is 1. The van der Waals surface area contributed by atoms with E-state index in [1.54, 1.807) is 37.3 Å². The van der Waals surface area contributed by atoms with Crippen molar-refractivity contribution in [2.75, 3.05) is 7.11 Å². The highest BCUT2D eigenvalue weighted by molar-refractivity contribution is 5.81. The van der Waals surface area contributed by atoms with Crippen molar-refractivity contribution in [1.29, 1.82) is 0 Å². The summed E-state index contributed by atoms with van der Waals surface area (Å²) in [7, 11) is 1.28. The largest absolute Gasteiger partial charge is 0.487 e. The standard InChI is InChI=1S/C18H16F3NO4/c1-12(3-10-17(23)24-2)25-14-5-7-15(8-6-14)26-16-9-4-13(11-22-16)18(19,20)21/h3-12H,1-2H3. The van der Waals surface area contributed by atoms with E-state index in [-0.39, 0.29) is 12.0 Å². The first-order valence-electron chi connectivity index (χ1n) is 7.52. The average Bonchev–Trinajstić information content (AvgIpc) is 2.61. The predicted molar refractivity (Wildman–Crippen MR) is 87.0 cm³/mol. The summed E-state index contributed by atoms with van der Waals surface area (Å²) in [5.41, 5.74) is -0.845. The minimum Gasteiger partial charge on any atom is -0.487 e. The van der Waals surface area contributed by atoms with Crippen molar-refractivity contribution in [3.8, 4) is 17.4 Å². The van der Waals surface area contributed by atoms with Crippen LogP contribution in [0.15, 0.2) is 54.7 Å². The van der Waals surface area contributed by atoms with Crippen molar-refractivity contribution < 1.29 is 32.2 Å². The Hall–Kier alpha value is -3.03. The Morgan fingerprint density at radius 3 is 2.31 bits per heavy atom. The number of carbonyl (C=O) groups is 1. The summed E-state index contributed by atoms with van der Waals surface area (Å²) in [6.07, 6.45) is -1.29. The van der Waals surface area contributed by atoms with Gasteiger partial charge >= 0.3 is 12.1 Å². The van der Waals surface area contributed by atoms with E-state index < -0.39 is 17.7 Å². The van der Waals surface area contributed by atoms with E-state index in [0.717, 1.165) is 12.1 Å². The zero-order valence-corrected chi connectivity index (χ0v) is 14.0. The van der Waals surface area contributed by atoms with Crippen LogP contribution in [-0.2, 0) is 15.7 Å². The molecule has 5 nitrogen and oxygen atoms in total. The van der Waals surface area contributed by atoms with Gasteiger partial charge in [0.05, 0.1) is 12.7 Å². The lowest BCUT2D eigenvalue weighted by Gasteiger charge is -2.12. The van der Waals surface area contributed by atoms with Gasteiger partial charge in [0.25, 0.3) is 0 Å². The third kappa shape index (κ3) is 5.80. The lowest BCUT2D eigenvalue weighted by molar-refractivity contribution is -0.138. The first kappa shape index (κ1) is 19.3. The van der Waals surface area contributed by atoms with Crippen molar-refractivity contribution in [3.63, 3.8) is 0 Å². The van der Waals surface area contributed by atoms with E-state index in [1.165, 1.54) is 13.2 Å². The molecule has 2 rings (SSSR count). The summed E-state index contributed by atoms with van der Waals surface area (Å²) in [5, 5.41) is 0. The molecule has 1 aromatic heterocycles. The minimum atomic E-state index is -4.44. The Morgan fingerprint density at radius 2 is 1.77 bits per heavy atom. The number of hydrogen-bond acceptors (Lipinski definition) is 5. The number of rotatable bonds is 6. The number of benzene rings is 1. The molecule has 26 heavy (non-hydrogen) atoms. The molecule has 1 atom stereocenters.